The van der Waals surface area contributed by atoms with Gasteiger partial charge < -0.3 is 25.8 Å². The van der Waals surface area contributed by atoms with Crippen molar-refractivity contribution < 1.29 is 34.4 Å². The third-order valence-electron chi connectivity index (χ3n) is 3.37. The summed E-state index contributed by atoms with van der Waals surface area (Å²) >= 11 is 0. The van der Waals surface area contributed by atoms with Crippen molar-refractivity contribution in [3.8, 4) is 0 Å². The van der Waals surface area contributed by atoms with E-state index in [2.05, 4.69) is 0 Å². The Morgan fingerprint density at radius 2 is 1.62 bits per heavy atom. The number of rotatable bonds is 9. The number of amides is 2. The molecule has 2 amide bonds. The van der Waals surface area contributed by atoms with Crippen LogP contribution in [-0.2, 0) is 16.1 Å². The second-order valence-corrected chi connectivity index (χ2v) is 5.01. The smallest absolute Gasteiger partial charge is 0.419 e. The van der Waals surface area contributed by atoms with Gasteiger partial charge in [0.05, 0.1) is 6.61 Å². The Kier molecular flexibility index (Phi) is 7.15. The van der Waals surface area contributed by atoms with E-state index in [9.17, 15) is 19.5 Å². The summed E-state index contributed by atoms with van der Waals surface area (Å²) in [7, 11) is 0. The van der Waals surface area contributed by atoms with Crippen molar-refractivity contribution >= 4 is 18.2 Å². The van der Waals surface area contributed by atoms with Gasteiger partial charge in [0.25, 0.3) is 5.72 Å². The molecular weight excluding hydrogens is 320 g/mol. The van der Waals surface area contributed by atoms with Crippen molar-refractivity contribution in [3.05, 3.63) is 35.9 Å². The third-order valence-corrected chi connectivity index (χ3v) is 3.37. The molecule has 5 N–H and O–H groups in total. The van der Waals surface area contributed by atoms with E-state index in [1.165, 1.54) is 0 Å². The van der Waals surface area contributed by atoms with E-state index in [0.29, 0.717) is 12.0 Å². The summed E-state index contributed by atoms with van der Waals surface area (Å²) in [5.41, 5.74) is 3.40. The molecule has 1 rings (SSSR count). The van der Waals surface area contributed by atoms with Gasteiger partial charge in [-0.15, -0.1) is 0 Å². The van der Waals surface area contributed by atoms with Crippen LogP contribution in [0.1, 0.15) is 24.8 Å². The molecule has 24 heavy (non-hydrogen) atoms. The molecule has 0 saturated heterocycles. The molecule has 0 radical (unpaired) electrons. The van der Waals surface area contributed by atoms with Crippen LogP contribution >= 0.6 is 0 Å². The van der Waals surface area contributed by atoms with Gasteiger partial charge in [0, 0.05) is 6.42 Å². The van der Waals surface area contributed by atoms with Crippen LogP contribution in [0.2, 0.25) is 0 Å². The van der Waals surface area contributed by atoms with Crippen LogP contribution in [-0.4, -0.2) is 50.6 Å². The number of carbonyl (C=O) groups is 3. The van der Waals surface area contributed by atoms with E-state index in [0.717, 1.165) is 0 Å². The minimum absolute atomic E-state index is 0.189. The van der Waals surface area contributed by atoms with Gasteiger partial charge in [-0.2, -0.15) is 4.90 Å². The first-order chi connectivity index (χ1) is 11.3. The number of carboxylic acid groups (broad SMARTS) is 3. The van der Waals surface area contributed by atoms with Crippen molar-refractivity contribution in [1.82, 2.24) is 4.90 Å². The number of unbranched alkanes of at least 4 members (excludes halogenated alkanes) is 1. The molecule has 0 aromatic heterocycles. The highest BCUT2D eigenvalue weighted by molar-refractivity contribution is 5.93. The number of hydrogen-bond donors (Lipinski definition) is 4. The van der Waals surface area contributed by atoms with Gasteiger partial charge in [0.15, 0.2) is 0 Å². The summed E-state index contributed by atoms with van der Waals surface area (Å²) in [5.74, 6) is -1.69. The van der Waals surface area contributed by atoms with E-state index < -0.39 is 23.9 Å². The number of ether oxygens (including phenoxy) is 1. The number of benzene rings is 1. The Labute approximate surface area is 138 Å². The zero-order valence-corrected chi connectivity index (χ0v) is 12.9. The van der Waals surface area contributed by atoms with Crippen LogP contribution in [0.15, 0.2) is 30.3 Å². The lowest BCUT2D eigenvalue weighted by Gasteiger charge is -2.35. The molecule has 0 aliphatic carbocycles. The van der Waals surface area contributed by atoms with Crippen LogP contribution in [0.4, 0.5) is 9.59 Å². The quantitative estimate of drug-likeness (QED) is 0.392. The number of nitrogens with two attached hydrogens (primary N) is 1. The van der Waals surface area contributed by atoms with Gasteiger partial charge >= 0.3 is 18.2 Å². The predicted molar refractivity (Wildman–Crippen MR) is 82.4 cm³/mol. The largest absolute Gasteiger partial charge is 0.478 e. The van der Waals surface area contributed by atoms with Crippen LogP contribution in [0.3, 0.4) is 0 Å². The normalized spacial score (nSPS) is 13.0. The molecule has 0 spiro atoms. The summed E-state index contributed by atoms with van der Waals surface area (Å²) in [6.07, 6.45) is -3.60. The van der Waals surface area contributed by atoms with E-state index in [1.807, 2.05) is 0 Å². The topological polar surface area (TPSA) is 150 Å². The molecular formula is C15H20N2O7. The fourth-order valence-corrected chi connectivity index (χ4v) is 2.19. The lowest BCUT2D eigenvalue weighted by Crippen LogP contribution is -2.60. The minimum Gasteiger partial charge on any atom is -0.478 e. The number of aliphatic carboxylic acids is 1. The number of hydrogen-bond acceptors (Lipinski definition) is 5. The zero-order chi connectivity index (χ0) is 18.2. The van der Waals surface area contributed by atoms with Crippen molar-refractivity contribution in [2.24, 2.45) is 5.73 Å². The van der Waals surface area contributed by atoms with Gasteiger partial charge in [0.1, 0.15) is 0 Å². The van der Waals surface area contributed by atoms with E-state index in [-0.39, 0.29) is 30.9 Å². The highest BCUT2D eigenvalue weighted by atomic mass is 16.6. The summed E-state index contributed by atoms with van der Waals surface area (Å²) < 4.78 is 5.33. The molecule has 0 saturated carbocycles. The maximum Gasteiger partial charge on any atom is 0.419 e. The molecule has 1 aromatic rings. The van der Waals surface area contributed by atoms with Gasteiger partial charge in [0.2, 0.25) is 0 Å². The molecule has 0 unspecified atom stereocenters. The predicted octanol–water partition coefficient (Wildman–Crippen LogP) is 1.77. The van der Waals surface area contributed by atoms with Crippen LogP contribution < -0.4 is 5.73 Å². The van der Waals surface area contributed by atoms with E-state index >= 15 is 0 Å². The first-order valence-electron chi connectivity index (χ1n) is 7.22. The molecule has 1 aromatic carbocycles. The van der Waals surface area contributed by atoms with Crippen molar-refractivity contribution in [3.63, 3.8) is 0 Å². The maximum atomic E-state index is 11.8. The third kappa shape index (κ3) is 4.67. The SMILES string of the molecule is NCCCC[C@@](OCc1ccccc1)(C(=O)O)N(C(=O)O)C(=O)O. The molecule has 9 nitrogen and oxygen atoms in total. The lowest BCUT2D eigenvalue weighted by atomic mass is 10.0. The van der Waals surface area contributed by atoms with Gasteiger partial charge in [-0.3, -0.25) is 0 Å². The van der Waals surface area contributed by atoms with Crippen LogP contribution in [0, 0.1) is 0 Å². The van der Waals surface area contributed by atoms with E-state index in [1.54, 1.807) is 30.3 Å². The summed E-state index contributed by atoms with van der Waals surface area (Å²) in [5, 5.41) is 27.9. The molecule has 9 heteroatoms. The monoisotopic (exact) mass is 340 g/mol. The Bertz CT molecular complexity index is 564. The standard InChI is InChI=1S/C15H20N2O7/c16-9-5-4-8-15(12(18)19,17(13(20)21)14(22)23)24-10-11-6-2-1-3-7-11/h1-3,6-7H,4-5,8-10,16H2,(H,18,19)(H,20,21)(H,22,23)/t15-/m1/s1. The Hall–Kier alpha value is -2.65. The molecule has 0 aliphatic heterocycles. The van der Waals surface area contributed by atoms with Gasteiger partial charge in [-0.05, 0) is 24.9 Å². The Morgan fingerprint density at radius 3 is 2.08 bits per heavy atom. The molecule has 1 atom stereocenters. The van der Waals surface area contributed by atoms with Crippen molar-refractivity contribution in [2.45, 2.75) is 31.6 Å². The van der Waals surface area contributed by atoms with Gasteiger partial charge in [-0.25, -0.2) is 14.4 Å². The second kappa shape index (κ2) is 8.85. The first kappa shape index (κ1) is 19.4. The number of nitrogens with zero attached hydrogens (tertiary/aromatic N) is 1. The van der Waals surface area contributed by atoms with Crippen molar-refractivity contribution in [1.29, 1.82) is 0 Å². The minimum atomic E-state index is -2.54. The Morgan fingerprint density at radius 1 is 1.04 bits per heavy atom. The van der Waals surface area contributed by atoms with Crippen LogP contribution in [0.5, 0.6) is 0 Å². The summed E-state index contributed by atoms with van der Waals surface area (Å²) in [4.78, 5) is 34.2. The fourth-order valence-electron chi connectivity index (χ4n) is 2.19. The Balaban J connectivity index is 3.16. The number of imide groups is 1. The molecule has 0 aliphatic rings. The van der Waals surface area contributed by atoms with E-state index in [4.69, 9.17) is 20.7 Å². The highest BCUT2D eigenvalue weighted by Crippen LogP contribution is 2.27. The summed E-state index contributed by atoms with van der Waals surface area (Å²) in [6.45, 7) is 0.00134. The first-order valence-corrected chi connectivity index (χ1v) is 7.22. The average Bonchev–Trinajstić information content (AvgIpc) is 2.52. The maximum absolute atomic E-state index is 11.8. The summed E-state index contributed by atoms with van der Waals surface area (Å²) in [6, 6.07) is 8.44. The molecule has 132 valence electrons. The highest BCUT2D eigenvalue weighted by Gasteiger charge is 2.52. The van der Waals surface area contributed by atoms with Crippen molar-refractivity contribution in [2.75, 3.05) is 6.54 Å². The second-order valence-electron chi connectivity index (χ2n) is 5.01. The molecule has 0 heterocycles. The van der Waals surface area contributed by atoms with Crippen LogP contribution in [0.25, 0.3) is 0 Å². The lowest BCUT2D eigenvalue weighted by molar-refractivity contribution is -0.192. The molecule has 0 fully saturated rings. The zero-order valence-electron chi connectivity index (χ0n) is 12.9. The fraction of sp³-hybridized carbons (Fsp3) is 0.400. The average molecular weight is 340 g/mol. The number of carboxylic acids is 1. The molecule has 0 bridgehead atoms. The van der Waals surface area contributed by atoms with Gasteiger partial charge in [-0.1, -0.05) is 30.3 Å².